The lowest BCUT2D eigenvalue weighted by molar-refractivity contribution is -0.126. The molecule has 1 fully saturated rings. The van der Waals surface area contributed by atoms with E-state index in [1.807, 2.05) is 30.3 Å². The van der Waals surface area contributed by atoms with Crippen molar-refractivity contribution in [3.8, 4) is 11.8 Å². The van der Waals surface area contributed by atoms with Crippen LogP contribution in [0.15, 0.2) is 60.7 Å². The van der Waals surface area contributed by atoms with E-state index in [0.29, 0.717) is 25.9 Å². The number of hydrogen-bond donors (Lipinski definition) is 1. The van der Waals surface area contributed by atoms with E-state index in [0.717, 1.165) is 5.69 Å². The number of rotatable bonds is 7. The Morgan fingerprint density at radius 1 is 0.938 bits per heavy atom. The zero-order chi connectivity index (χ0) is 22.3. The first kappa shape index (κ1) is 21.6. The molecule has 0 unspecified atom stereocenters. The molecule has 0 saturated carbocycles. The van der Waals surface area contributed by atoms with Crippen molar-refractivity contribution in [2.45, 2.75) is 19.4 Å². The standard InChI is InChI=1S/C23H22F2N4O3/c24-19-7-4-8-20(25)18(19)15-31-21-9-10-22(28-27-21)32-29-13-11-16(12-14-29)23(30)26-17-5-2-1-3-6-17/h1-10,16H,11-15H2,(H,26,30). The van der Waals surface area contributed by atoms with E-state index in [-0.39, 0.29) is 35.8 Å². The van der Waals surface area contributed by atoms with Crippen molar-refractivity contribution in [1.29, 1.82) is 0 Å². The number of piperidine rings is 1. The molecule has 1 saturated heterocycles. The average Bonchev–Trinajstić information content (AvgIpc) is 2.81. The number of hydrogen-bond acceptors (Lipinski definition) is 6. The number of benzene rings is 2. The summed E-state index contributed by atoms with van der Waals surface area (Å²) in [5.74, 6) is -1.06. The van der Waals surface area contributed by atoms with Crippen LogP contribution in [0.5, 0.6) is 11.8 Å². The Bertz CT molecular complexity index is 1020. The van der Waals surface area contributed by atoms with Crippen molar-refractivity contribution in [3.05, 3.63) is 77.9 Å². The van der Waals surface area contributed by atoms with Gasteiger partial charge < -0.3 is 14.9 Å². The maximum absolute atomic E-state index is 13.7. The molecule has 7 nitrogen and oxygen atoms in total. The summed E-state index contributed by atoms with van der Waals surface area (Å²) in [4.78, 5) is 18.1. The predicted octanol–water partition coefficient (Wildman–Crippen LogP) is 3.98. The summed E-state index contributed by atoms with van der Waals surface area (Å²) in [6.07, 6.45) is 1.31. The highest BCUT2D eigenvalue weighted by atomic mass is 19.1. The molecule has 4 rings (SSSR count). The fraction of sp³-hybridized carbons (Fsp3) is 0.261. The van der Waals surface area contributed by atoms with Gasteiger partial charge in [-0.2, -0.15) is 0 Å². The molecule has 1 aliphatic rings. The molecule has 2 heterocycles. The molecule has 166 valence electrons. The Morgan fingerprint density at radius 3 is 2.25 bits per heavy atom. The lowest BCUT2D eigenvalue weighted by atomic mass is 9.97. The van der Waals surface area contributed by atoms with Gasteiger partial charge in [0, 0.05) is 36.8 Å². The third-order valence-electron chi connectivity index (χ3n) is 5.13. The molecule has 1 aromatic heterocycles. The van der Waals surface area contributed by atoms with Crippen LogP contribution in [0.25, 0.3) is 0 Å². The lowest BCUT2D eigenvalue weighted by Gasteiger charge is -2.29. The minimum absolute atomic E-state index is 0.00318. The molecule has 1 amide bonds. The lowest BCUT2D eigenvalue weighted by Crippen LogP contribution is -2.40. The van der Waals surface area contributed by atoms with Crippen LogP contribution in [0.3, 0.4) is 0 Å². The van der Waals surface area contributed by atoms with Crippen LogP contribution in [-0.4, -0.2) is 34.3 Å². The predicted molar refractivity (Wildman–Crippen MR) is 113 cm³/mol. The van der Waals surface area contributed by atoms with E-state index in [4.69, 9.17) is 9.57 Å². The molecule has 0 aliphatic carbocycles. The number of aromatic nitrogens is 2. The summed E-state index contributed by atoms with van der Waals surface area (Å²) < 4.78 is 32.6. The molecule has 0 spiro atoms. The van der Waals surface area contributed by atoms with Gasteiger partial charge in [0.15, 0.2) is 0 Å². The third kappa shape index (κ3) is 5.55. The van der Waals surface area contributed by atoms with E-state index in [9.17, 15) is 13.6 Å². The molecular weight excluding hydrogens is 418 g/mol. The highest BCUT2D eigenvalue weighted by Crippen LogP contribution is 2.21. The van der Waals surface area contributed by atoms with Crippen molar-refractivity contribution in [1.82, 2.24) is 15.3 Å². The number of halogens is 2. The van der Waals surface area contributed by atoms with Gasteiger partial charge in [-0.1, -0.05) is 24.3 Å². The summed E-state index contributed by atoms with van der Waals surface area (Å²) in [5, 5.41) is 12.5. The normalized spacial score (nSPS) is 14.7. The highest BCUT2D eigenvalue weighted by Gasteiger charge is 2.26. The van der Waals surface area contributed by atoms with Gasteiger partial charge in [0.25, 0.3) is 5.88 Å². The van der Waals surface area contributed by atoms with Crippen LogP contribution in [0.2, 0.25) is 0 Å². The summed E-state index contributed by atoms with van der Waals surface area (Å²) >= 11 is 0. The number of nitrogens with one attached hydrogen (secondary N) is 1. The molecule has 0 atom stereocenters. The molecule has 1 aliphatic heterocycles. The van der Waals surface area contributed by atoms with E-state index in [1.54, 1.807) is 11.1 Å². The summed E-state index contributed by atoms with van der Waals surface area (Å²) in [6, 6.07) is 16.1. The van der Waals surface area contributed by atoms with E-state index in [1.165, 1.54) is 24.3 Å². The first-order valence-corrected chi connectivity index (χ1v) is 10.3. The van der Waals surface area contributed by atoms with Crippen LogP contribution in [0.1, 0.15) is 18.4 Å². The molecule has 2 aromatic carbocycles. The van der Waals surface area contributed by atoms with Gasteiger partial charge in [-0.15, -0.1) is 15.3 Å². The topological polar surface area (TPSA) is 76.6 Å². The first-order valence-electron chi connectivity index (χ1n) is 10.3. The molecule has 0 radical (unpaired) electrons. The third-order valence-corrected chi connectivity index (χ3v) is 5.13. The van der Waals surface area contributed by atoms with E-state index >= 15 is 0 Å². The maximum atomic E-state index is 13.7. The van der Waals surface area contributed by atoms with Crippen molar-refractivity contribution < 1.29 is 23.1 Å². The molecule has 0 bridgehead atoms. The van der Waals surface area contributed by atoms with Crippen LogP contribution in [-0.2, 0) is 11.4 Å². The van der Waals surface area contributed by atoms with Gasteiger partial charge in [-0.3, -0.25) is 4.79 Å². The Balaban J connectivity index is 1.23. The number of ether oxygens (including phenoxy) is 1. The van der Waals surface area contributed by atoms with Crippen molar-refractivity contribution in [2.24, 2.45) is 5.92 Å². The number of para-hydroxylation sites is 1. The quantitative estimate of drug-likeness (QED) is 0.599. The van der Waals surface area contributed by atoms with Crippen LogP contribution in [0.4, 0.5) is 14.5 Å². The van der Waals surface area contributed by atoms with E-state index in [2.05, 4.69) is 15.5 Å². The zero-order valence-corrected chi connectivity index (χ0v) is 17.2. The first-order chi connectivity index (χ1) is 15.6. The van der Waals surface area contributed by atoms with Gasteiger partial charge in [0.1, 0.15) is 18.2 Å². The fourth-order valence-electron chi connectivity index (χ4n) is 3.36. The van der Waals surface area contributed by atoms with Crippen molar-refractivity contribution >= 4 is 11.6 Å². The van der Waals surface area contributed by atoms with Gasteiger partial charge in [0.2, 0.25) is 11.8 Å². The Labute approximate surface area is 183 Å². The van der Waals surface area contributed by atoms with Gasteiger partial charge in [-0.25, -0.2) is 8.78 Å². The van der Waals surface area contributed by atoms with Crippen LogP contribution >= 0.6 is 0 Å². The minimum Gasteiger partial charge on any atom is -0.471 e. The van der Waals surface area contributed by atoms with Crippen LogP contribution < -0.4 is 14.9 Å². The average molecular weight is 440 g/mol. The molecule has 1 N–H and O–H groups in total. The fourth-order valence-corrected chi connectivity index (χ4v) is 3.36. The minimum atomic E-state index is -0.682. The summed E-state index contributed by atoms with van der Waals surface area (Å²) in [5.41, 5.74) is 0.611. The van der Waals surface area contributed by atoms with Crippen LogP contribution in [0, 0.1) is 17.6 Å². The number of amides is 1. The van der Waals surface area contributed by atoms with E-state index < -0.39 is 11.6 Å². The number of hydroxylamine groups is 2. The second-order valence-corrected chi connectivity index (χ2v) is 7.35. The smallest absolute Gasteiger partial charge is 0.257 e. The Kier molecular flexibility index (Phi) is 6.86. The second-order valence-electron chi connectivity index (χ2n) is 7.35. The number of nitrogens with zero attached hydrogens (tertiary/aromatic N) is 3. The highest BCUT2D eigenvalue weighted by molar-refractivity contribution is 5.92. The number of anilines is 1. The van der Waals surface area contributed by atoms with Gasteiger partial charge in [0.05, 0.1) is 5.56 Å². The molecule has 32 heavy (non-hydrogen) atoms. The number of carbonyl (C=O) groups excluding carboxylic acids is 1. The largest absolute Gasteiger partial charge is 0.471 e. The number of carbonyl (C=O) groups is 1. The summed E-state index contributed by atoms with van der Waals surface area (Å²) in [6.45, 7) is 0.838. The molecule has 3 aromatic rings. The van der Waals surface area contributed by atoms with Crippen molar-refractivity contribution in [2.75, 3.05) is 18.4 Å². The second kappa shape index (κ2) is 10.1. The SMILES string of the molecule is O=C(Nc1ccccc1)C1CCN(Oc2ccc(OCc3c(F)cccc3F)nn2)CC1. The van der Waals surface area contributed by atoms with Crippen molar-refractivity contribution in [3.63, 3.8) is 0 Å². The monoisotopic (exact) mass is 440 g/mol. The molecular formula is C23H22F2N4O3. The maximum Gasteiger partial charge on any atom is 0.257 e. The summed E-state index contributed by atoms with van der Waals surface area (Å²) in [7, 11) is 0. The Hall–Kier alpha value is -3.59. The Morgan fingerprint density at radius 2 is 1.59 bits per heavy atom. The molecule has 9 heteroatoms. The van der Waals surface area contributed by atoms with Gasteiger partial charge >= 0.3 is 0 Å². The van der Waals surface area contributed by atoms with Gasteiger partial charge in [-0.05, 0) is 37.1 Å². The zero-order valence-electron chi connectivity index (χ0n) is 17.2.